The van der Waals surface area contributed by atoms with Crippen LogP contribution in [0.3, 0.4) is 0 Å². The van der Waals surface area contributed by atoms with Crippen molar-refractivity contribution in [3.8, 4) is 0 Å². The predicted molar refractivity (Wildman–Crippen MR) is 112 cm³/mol. The molecule has 0 spiro atoms. The molecule has 154 valence electrons. The first-order chi connectivity index (χ1) is 14.3. The Balaban J connectivity index is 1.64. The van der Waals surface area contributed by atoms with Crippen molar-refractivity contribution in [1.29, 1.82) is 0 Å². The topological polar surface area (TPSA) is 164 Å². The molecule has 11 nitrogen and oxygen atoms in total. The van der Waals surface area contributed by atoms with Crippen molar-refractivity contribution in [3.63, 3.8) is 0 Å². The Hall–Kier alpha value is -4.28. The summed E-state index contributed by atoms with van der Waals surface area (Å²) < 4.78 is 0. The number of nitrogens with one attached hydrogen (secondary N) is 3. The number of carbonyl (C=O) groups is 2. The van der Waals surface area contributed by atoms with Crippen LogP contribution in [0.25, 0.3) is 0 Å². The van der Waals surface area contributed by atoms with E-state index in [0.29, 0.717) is 0 Å². The molecular formula is C19H19N7O4. The van der Waals surface area contributed by atoms with Crippen LogP contribution >= 0.6 is 0 Å². The van der Waals surface area contributed by atoms with Crippen molar-refractivity contribution in [3.05, 3.63) is 64.2 Å². The van der Waals surface area contributed by atoms with Gasteiger partial charge in [-0.25, -0.2) is 4.99 Å². The van der Waals surface area contributed by atoms with Gasteiger partial charge in [-0.3, -0.25) is 25.0 Å². The lowest BCUT2D eigenvalue weighted by atomic mass is 10.2. The summed E-state index contributed by atoms with van der Waals surface area (Å²) in [7, 11) is 0. The second-order valence-corrected chi connectivity index (χ2v) is 6.48. The zero-order valence-corrected chi connectivity index (χ0v) is 16.0. The number of amides is 2. The predicted octanol–water partition coefficient (Wildman–Crippen LogP) is 1.51. The van der Waals surface area contributed by atoms with Crippen LogP contribution in [-0.2, 0) is 9.59 Å². The van der Waals surface area contributed by atoms with Gasteiger partial charge in [-0.2, -0.15) is 4.99 Å². The van der Waals surface area contributed by atoms with Crippen LogP contribution in [0, 0.1) is 17.0 Å². The minimum absolute atomic E-state index is 0.0182. The van der Waals surface area contributed by atoms with Gasteiger partial charge in [0.1, 0.15) is 11.7 Å². The highest BCUT2D eigenvalue weighted by atomic mass is 16.6. The molecule has 1 atom stereocenters. The zero-order valence-electron chi connectivity index (χ0n) is 16.0. The average Bonchev–Trinajstić information content (AvgIpc) is 3.00. The number of nitrogens with two attached hydrogens (primary N) is 1. The number of hydrogen-bond acceptors (Lipinski definition) is 6. The number of nitro benzene ring substituents is 1. The largest absolute Gasteiger partial charge is 0.369 e. The van der Waals surface area contributed by atoms with Crippen molar-refractivity contribution in [2.45, 2.75) is 19.4 Å². The van der Waals surface area contributed by atoms with E-state index in [1.54, 1.807) is 12.1 Å². The molecule has 0 fully saturated rings. The monoisotopic (exact) mass is 409 g/mol. The Morgan fingerprint density at radius 2 is 2.03 bits per heavy atom. The molecule has 3 rings (SSSR count). The normalized spacial score (nSPS) is 15.9. The molecule has 5 N–H and O–H groups in total. The van der Waals surface area contributed by atoms with Crippen molar-refractivity contribution in [1.82, 2.24) is 5.32 Å². The number of aliphatic imine (C=N–C) groups is 2. The number of rotatable bonds is 5. The number of benzene rings is 2. The standard InChI is InChI=1S/C19H19N7O4/c1-11-5-4-6-12(9-11)21-18(20)25-19-23-14(17(28)24-19)10-16(27)22-13-7-2-3-8-15(13)26(29)30/h2-9,14H,10H2,1H3,(H,22,27)(H4,20,21,23,24,25,28). The SMILES string of the molecule is Cc1cccc(N/C(N)=N/C2=NC(CC(=O)Nc3ccccc3[N+](=O)[O-])C(=O)N2)c1. The van der Waals surface area contributed by atoms with Crippen LogP contribution in [0.5, 0.6) is 0 Å². The van der Waals surface area contributed by atoms with E-state index in [1.165, 1.54) is 18.2 Å². The van der Waals surface area contributed by atoms with Crippen molar-refractivity contribution < 1.29 is 14.5 Å². The third-order valence-corrected chi connectivity index (χ3v) is 4.09. The molecule has 0 saturated carbocycles. The molecule has 1 heterocycles. The number of aryl methyl sites for hydroxylation is 1. The molecule has 1 aliphatic rings. The number of guanidine groups is 2. The van der Waals surface area contributed by atoms with Crippen LogP contribution in [0.15, 0.2) is 58.5 Å². The van der Waals surface area contributed by atoms with Crippen molar-refractivity contribution in [2.75, 3.05) is 10.6 Å². The van der Waals surface area contributed by atoms with E-state index in [0.717, 1.165) is 11.3 Å². The highest BCUT2D eigenvalue weighted by Crippen LogP contribution is 2.23. The smallest absolute Gasteiger partial charge is 0.292 e. The Kier molecular flexibility index (Phi) is 6.01. The highest BCUT2D eigenvalue weighted by molar-refractivity contribution is 6.11. The molecule has 0 aromatic heterocycles. The number of nitro groups is 1. The second-order valence-electron chi connectivity index (χ2n) is 6.48. The summed E-state index contributed by atoms with van der Waals surface area (Å²) in [4.78, 5) is 42.8. The molecule has 0 bridgehead atoms. The summed E-state index contributed by atoms with van der Waals surface area (Å²) in [5.41, 5.74) is 7.39. The first kappa shape index (κ1) is 20.5. The van der Waals surface area contributed by atoms with Crippen LogP contribution in [0.2, 0.25) is 0 Å². The quantitative estimate of drug-likeness (QED) is 0.253. The fourth-order valence-electron chi connectivity index (χ4n) is 2.76. The zero-order chi connectivity index (χ0) is 21.7. The van der Waals surface area contributed by atoms with Crippen LogP contribution < -0.4 is 21.7 Å². The van der Waals surface area contributed by atoms with Gasteiger partial charge in [-0.15, -0.1) is 0 Å². The molecule has 1 unspecified atom stereocenters. The number of hydrogen-bond donors (Lipinski definition) is 4. The van der Waals surface area contributed by atoms with E-state index >= 15 is 0 Å². The van der Waals surface area contributed by atoms with Gasteiger partial charge in [-0.1, -0.05) is 24.3 Å². The first-order valence-corrected chi connectivity index (χ1v) is 8.91. The van der Waals surface area contributed by atoms with E-state index < -0.39 is 22.8 Å². The lowest BCUT2D eigenvalue weighted by Crippen LogP contribution is -2.32. The number of carbonyl (C=O) groups excluding carboxylic acids is 2. The molecule has 0 aliphatic carbocycles. The van der Waals surface area contributed by atoms with Gasteiger partial charge in [0.2, 0.25) is 17.8 Å². The van der Waals surface area contributed by atoms with Gasteiger partial charge in [-0.05, 0) is 30.7 Å². The Morgan fingerprint density at radius 1 is 1.27 bits per heavy atom. The van der Waals surface area contributed by atoms with E-state index in [4.69, 9.17) is 5.73 Å². The molecule has 11 heteroatoms. The van der Waals surface area contributed by atoms with Gasteiger partial charge in [0.15, 0.2) is 0 Å². The number of nitrogens with zero attached hydrogens (tertiary/aromatic N) is 3. The third kappa shape index (κ3) is 5.16. The summed E-state index contributed by atoms with van der Waals surface area (Å²) in [6.07, 6.45) is -0.303. The van der Waals surface area contributed by atoms with Crippen LogP contribution in [0.1, 0.15) is 12.0 Å². The maximum absolute atomic E-state index is 12.2. The minimum atomic E-state index is -1.02. The molecule has 2 amide bonds. The Morgan fingerprint density at radius 3 is 2.77 bits per heavy atom. The van der Waals surface area contributed by atoms with Gasteiger partial charge in [0.05, 0.1) is 11.3 Å². The maximum atomic E-state index is 12.2. The molecule has 2 aromatic rings. The van der Waals surface area contributed by atoms with Crippen LogP contribution in [-0.4, -0.2) is 34.7 Å². The Labute approximate surface area is 171 Å². The molecule has 2 aromatic carbocycles. The minimum Gasteiger partial charge on any atom is -0.369 e. The molecule has 0 saturated heterocycles. The fraction of sp³-hybridized carbons (Fsp3) is 0.158. The van der Waals surface area contributed by atoms with Crippen LogP contribution in [0.4, 0.5) is 17.1 Å². The maximum Gasteiger partial charge on any atom is 0.292 e. The van der Waals surface area contributed by atoms with Gasteiger partial charge >= 0.3 is 0 Å². The third-order valence-electron chi connectivity index (χ3n) is 4.09. The van der Waals surface area contributed by atoms with Crippen molar-refractivity contribution >= 4 is 40.8 Å². The molecule has 0 radical (unpaired) electrons. The summed E-state index contributed by atoms with van der Waals surface area (Å²) in [5, 5.41) is 18.8. The summed E-state index contributed by atoms with van der Waals surface area (Å²) in [6.45, 7) is 1.93. The summed E-state index contributed by atoms with van der Waals surface area (Å²) in [5.74, 6) is -1.12. The highest BCUT2D eigenvalue weighted by Gasteiger charge is 2.29. The lowest BCUT2D eigenvalue weighted by molar-refractivity contribution is -0.383. The van der Waals surface area contributed by atoms with Gasteiger partial charge < -0.3 is 16.4 Å². The molecule has 30 heavy (non-hydrogen) atoms. The average molecular weight is 409 g/mol. The van der Waals surface area contributed by atoms with E-state index in [1.807, 2.05) is 25.1 Å². The number of para-hydroxylation sites is 2. The van der Waals surface area contributed by atoms with E-state index in [2.05, 4.69) is 25.9 Å². The van der Waals surface area contributed by atoms with Gasteiger partial charge in [0, 0.05) is 11.8 Å². The lowest BCUT2D eigenvalue weighted by Gasteiger charge is -2.07. The van der Waals surface area contributed by atoms with E-state index in [9.17, 15) is 19.7 Å². The second kappa shape index (κ2) is 8.82. The summed E-state index contributed by atoms with van der Waals surface area (Å²) in [6, 6.07) is 12.2. The first-order valence-electron chi connectivity index (χ1n) is 8.91. The number of anilines is 2. The molecular weight excluding hydrogens is 390 g/mol. The van der Waals surface area contributed by atoms with E-state index in [-0.39, 0.29) is 29.7 Å². The summed E-state index contributed by atoms with van der Waals surface area (Å²) >= 11 is 0. The molecule has 1 aliphatic heterocycles. The fourth-order valence-corrected chi connectivity index (χ4v) is 2.76. The Bertz CT molecular complexity index is 1060. The van der Waals surface area contributed by atoms with Gasteiger partial charge in [0.25, 0.3) is 11.6 Å². The van der Waals surface area contributed by atoms with Crippen molar-refractivity contribution in [2.24, 2.45) is 15.7 Å².